The van der Waals surface area contributed by atoms with Gasteiger partial charge in [-0.05, 0) is 36.6 Å². The molecule has 0 spiro atoms. The molecule has 2 rings (SSSR count). The first-order chi connectivity index (χ1) is 8.52. The molecule has 3 heteroatoms. The third kappa shape index (κ3) is 2.28. The quantitative estimate of drug-likeness (QED) is 0.886. The van der Waals surface area contributed by atoms with Gasteiger partial charge in [-0.25, -0.2) is 0 Å². The van der Waals surface area contributed by atoms with E-state index in [9.17, 15) is 5.11 Å². The van der Waals surface area contributed by atoms with Crippen molar-refractivity contribution in [3.63, 3.8) is 0 Å². The number of phenols is 1. The molecule has 0 radical (unpaired) electrons. The molecule has 1 atom stereocenters. The van der Waals surface area contributed by atoms with E-state index in [-0.39, 0.29) is 11.8 Å². The average Bonchev–Trinajstić information content (AvgIpc) is 2.37. The van der Waals surface area contributed by atoms with E-state index in [1.807, 2.05) is 44.2 Å². The Balaban J connectivity index is 2.55. The van der Waals surface area contributed by atoms with Gasteiger partial charge in [-0.15, -0.1) is 0 Å². The Bertz CT molecular complexity index is 566. The van der Waals surface area contributed by atoms with Crippen molar-refractivity contribution in [1.29, 1.82) is 0 Å². The number of phenolic OH excluding ortho intramolecular Hbond substituents is 1. The number of nitrogens with two attached hydrogens (primary N) is 1. The van der Waals surface area contributed by atoms with Gasteiger partial charge in [0.15, 0.2) is 0 Å². The molecule has 0 fully saturated rings. The van der Waals surface area contributed by atoms with Gasteiger partial charge in [-0.1, -0.05) is 46.3 Å². The maximum atomic E-state index is 10.1. The van der Waals surface area contributed by atoms with Crippen molar-refractivity contribution in [2.24, 2.45) is 5.73 Å². The van der Waals surface area contributed by atoms with E-state index in [0.29, 0.717) is 0 Å². The topological polar surface area (TPSA) is 46.2 Å². The molecule has 1 unspecified atom stereocenters. The molecule has 2 aromatic rings. The van der Waals surface area contributed by atoms with Crippen molar-refractivity contribution in [2.45, 2.75) is 19.9 Å². The lowest BCUT2D eigenvalue weighted by Crippen LogP contribution is -2.14. The van der Waals surface area contributed by atoms with Gasteiger partial charge < -0.3 is 10.8 Å². The zero-order chi connectivity index (χ0) is 13.3. The number of hydrogen-bond donors (Lipinski definition) is 2. The van der Waals surface area contributed by atoms with Crippen LogP contribution in [0, 0.1) is 13.8 Å². The zero-order valence-corrected chi connectivity index (χ0v) is 12.0. The zero-order valence-electron chi connectivity index (χ0n) is 10.4. The number of aromatic hydroxyl groups is 1. The number of halogens is 1. The van der Waals surface area contributed by atoms with Gasteiger partial charge in [-0.3, -0.25) is 0 Å². The molecule has 94 valence electrons. The highest BCUT2D eigenvalue weighted by atomic mass is 79.9. The normalized spacial score (nSPS) is 12.4. The molecule has 3 N–H and O–H groups in total. The second-order valence-electron chi connectivity index (χ2n) is 4.45. The van der Waals surface area contributed by atoms with Crippen LogP contribution in [0.2, 0.25) is 0 Å². The van der Waals surface area contributed by atoms with Crippen molar-refractivity contribution in [1.82, 2.24) is 0 Å². The number of benzene rings is 2. The SMILES string of the molecule is Cc1cc(O)c(C(N)c2ccccc2)c(C)c1Br. The number of rotatable bonds is 2. The van der Waals surface area contributed by atoms with Gasteiger partial charge in [0, 0.05) is 10.0 Å². The first-order valence-electron chi connectivity index (χ1n) is 5.81. The summed E-state index contributed by atoms with van der Waals surface area (Å²) in [7, 11) is 0. The van der Waals surface area contributed by atoms with E-state index in [1.54, 1.807) is 6.07 Å². The molecule has 0 aromatic heterocycles. The minimum absolute atomic E-state index is 0.254. The van der Waals surface area contributed by atoms with Crippen molar-refractivity contribution >= 4 is 15.9 Å². The Labute approximate surface area is 116 Å². The molecular weight excluding hydrogens is 290 g/mol. The first-order valence-corrected chi connectivity index (χ1v) is 6.60. The highest BCUT2D eigenvalue weighted by molar-refractivity contribution is 9.10. The molecule has 0 saturated carbocycles. The highest BCUT2D eigenvalue weighted by Crippen LogP contribution is 2.36. The van der Waals surface area contributed by atoms with Crippen LogP contribution in [-0.2, 0) is 0 Å². The minimum Gasteiger partial charge on any atom is -0.508 e. The second kappa shape index (κ2) is 5.12. The molecule has 18 heavy (non-hydrogen) atoms. The summed E-state index contributed by atoms with van der Waals surface area (Å²) in [6.45, 7) is 3.92. The van der Waals surface area contributed by atoms with E-state index in [1.165, 1.54) is 0 Å². The first kappa shape index (κ1) is 13.1. The van der Waals surface area contributed by atoms with Crippen LogP contribution in [0.1, 0.15) is 28.3 Å². The van der Waals surface area contributed by atoms with Gasteiger partial charge in [0.2, 0.25) is 0 Å². The summed E-state index contributed by atoms with van der Waals surface area (Å²) in [4.78, 5) is 0. The van der Waals surface area contributed by atoms with Crippen LogP contribution in [-0.4, -0.2) is 5.11 Å². The summed E-state index contributed by atoms with van der Waals surface area (Å²) in [6.07, 6.45) is 0. The van der Waals surface area contributed by atoms with Crippen molar-refractivity contribution in [2.75, 3.05) is 0 Å². The van der Waals surface area contributed by atoms with Crippen molar-refractivity contribution in [3.8, 4) is 5.75 Å². The Hall–Kier alpha value is -1.32. The lowest BCUT2D eigenvalue weighted by Gasteiger charge is -2.19. The summed E-state index contributed by atoms with van der Waals surface area (Å²) in [5.41, 5.74) is 10.0. The molecule has 2 aromatic carbocycles. The van der Waals surface area contributed by atoms with Crippen molar-refractivity contribution in [3.05, 3.63) is 63.1 Å². The molecule has 2 nitrogen and oxygen atoms in total. The Morgan fingerprint density at radius 1 is 1.17 bits per heavy atom. The summed E-state index contributed by atoms with van der Waals surface area (Å²) in [5.74, 6) is 0.254. The fraction of sp³-hybridized carbons (Fsp3) is 0.200. The molecule has 0 aliphatic rings. The third-order valence-electron chi connectivity index (χ3n) is 3.18. The molecule has 0 bridgehead atoms. The van der Waals surface area contributed by atoms with Gasteiger partial charge in [0.05, 0.1) is 6.04 Å². The van der Waals surface area contributed by atoms with E-state index < -0.39 is 0 Å². The van der Waals surface area contributed by atoms with Gasteiger partial charge in [0.25, 0.3) is 0 Å². The van der Waals surface area contributed by atoms with Gasteiger partial charge >= 0.3 is 0 Å². The predicted molar refractivity (Wildman–Crippen MR) is 77.8 cm³/mol. The van der Waals surface area contributed by atoms with E-state index in [0.717, 1.165) is 26.7 Å². The van der Waals surface area contributed by atoms with Crippen LogP contribution in [0.4, 0.5) is 0 Å². The fourth-order valence-electron chi connectivity index (χ4n) is 2.17. The Morgan fingerprint density at radius 2 is 1.78 bits per heavy atom. The lowest BCUT2D eigenvalue weighted by atomic mass is 9.93. The average molecular weight is 306 g/mol. The standard InChI is InChI=1S/C15H16BrNO/c1-9-8-12(18)13(10(2)14(9)16)15(17)11-6-4-3-5-7-11/h3-8,15,18H,17H2,1-2H3. The summed E-state index contributed by atoms with van der Waals surface area (Å²) in [5, 5.41) is 10.1. The molecule has 0 aliphatic heterocycles. The van der Waals surface area contributed by atoms with E-state index in [2.05, 4.69) is 15.9 Å². The predicted octanol–water partition coefficient (Wildman–Crippen LogP) is 3.82. The lowest BCUT2D eigenvalue weighted by molar-refractivity contribution is 0.464. The highest BCUT2D eigenvalue weighted by Gasteiger charge is 2.18. The molecule has 0 heterocycles. The monoisotopic (exact) mass is 305 g/mol. The smallest absolute Gasteiger partial charge is 0.121 e. The number of aryl methyl sites for hydroxylation is 1. The second-order valence-corrected chi connectivity index (χ2v) is 5.25. The van der Waals surface area contributed by atoms with E-state index in [4.69, 9.17) is 5.73 Å². The minimum atomic E-state index is -0.317. The van der Waals surface area contributed by atoms with Crippen LogP contribution in [0.3, 0.4) is 0 Å². The van der Waals surface area contributed by atoms with Crippen LogP contribution in [0.25, 0.3) is 0 Å². The summed E-state index contributed by atoms with van der Waals surface area (Å²) >= 11 is 3.54. The van der Waals surface area contributed by atoms with Crippen molar-refractivity contribution < 1.29 is 5.11 Å². The maximum Gasteiger partial charge on any atom is 0.121 e. The van der Waals surface area contributed by atoms with Crippen LogP contribution in [0.5, 0.6) is 5.75 Å². The maximum absolute atomic E-state index is 10.1. The van der Waals surface area contributed by atoms with Crippen LogP contribution < -0.4 is 5.73 Å². The van der Waals surface area contributed by atoms with Crippen LogP contribution in [0.15, 0.2) is 40.9 Å². The largest absolute Gasteiger partial charge is 0.508 e. The molecular formula is C15H16BrNO. The Morgan fingerprint density at radius 3 is 2.39 bits per heavy atom. The molecule has 0 aliphatic carbocycles. The molecule has 0 saturated heterocycles. The summed E-state index contributed by atoms with van der Waals surface area (Å²) < 4.78 is 1.00. The summed E-state index contributed by atoms with van der Waals surface area (Å²) in [6, 6.07) is 11.2. The Kier molecular flexibility index (Phi) is 3.73. The van der Waals surface area contributed by atoms with Crippen LogP contribution >= 0.6 is 15.9 Å². The third-order valence-corrected chi connectivity index (χ3v) is 4.40. The number of hydrogen-bond acceptors (Lipinski definition) is 2. The van der Waals surface area contributed by atoms with Gasteiger partial charge in [0.1, 0.15) is 5.75 Å². The molecule has 0 amide bonds. The van der Waals surface area contributed by atoms with Gasteiger partial charge in [-0.2, -0.15) is 0 Å². The van der Waals surface area contributed by atoms with E-state index >= 15 is 0 Å². The fourth-order valence-corrected chi connectivity index (χ4v) is 2.50.